The summed E-state index contributed by atoms with van der Waals surface area (Å²) in [4.78, 5) is 8.37. The maximum absolute atomic E-state index is 5.50. The number of rotatable bonds is 2. The third kappa shape index (κ3) is 1.90. The van der Waals surface area contributed by atoms with Crippen LogP contribution in [0.25, 0.3) is 0 Å². The fourth-order valence-corrected chi connectivity index (χ4v) is 2.82. The largest absolute Gasteiger partial charge is 0.330 e. The van der Waals surface area contributed by atoms with Gasteiger partial charge in [-0.15, -0.1) is 11.3 Å². The number of hydrogen-bond acceptors (Lipinski definition) is 4. The number of nitrogens with zero attached hydrogens (tertiary/aromatic N) is 2. The highest BCUT2D eigenvalue weighted by molar-refractivity contribution is 7.11. The Morgan fingerprint density at radius 3 is 3.23 bits per heavy atom. The van der Waals surface area contributed by atoms with Crippen molar-refractivity contribution in [1.82, 2.24) is 9.88 Å². The van der Waals surface area contributed by atoms with E-state index in [1.165, 1.54) is 15.6 Å². The van der Waals surface area contributed by atoms with E-state index in [1.54, 1.807) is 0 Å². The molecule has 0 fully saturated rings. The zero-order chi connectivity index (χ0) is 9.26. The van der Waals surface area contributed by atoms with E-state index in [-0.39, 0.29) is 0 Å². The molecule has 0 radical (unpaired) electrons. The topological polar surface area (TPSA) is 42.2 Å². The molecule has 0 amide bonds. The highest BCUT2D eigenvalue weighted by Gasteiger charge is 2.17. The van der Waals surface area contributed by atoms with Crippen LogP contribution in [0.3, 0.4) is 0 Å². The Balaban J connectivity index is 2.18. The Hall–Kier alpha value is -0.450. The van der Waals surface area contributed by atoms with E-state index in [2.05, 4.69) is 16.9 Å². The standard InChI is InChI=1S/C9H15N3S/c1-12-5-3-7-8(6-12)13-9(11-7)2-4-10/h2-6,10H2,1H3. The second kappa shape index (κ2) is 3.74. The summed E-state index contributed by atoms with van der Waals surface area (Å²) in [5.74, 6) is 0. The molecule has 2 rings (SSSR count). The van der Waals surface area contributed by atoms with Crippen molar-refractivity contribution < 1.29 is 0 Å². The van der Waals surface area contributed by atoms with Crippen molar-refractivity contribution in [2.75, 3.05) is 20.1 Å². The van der Waals surface area contributed by atoms with Gasteiger partial charge in [-0.1, -0.05) is 0 Å². The summed E-state index contributed by atoms with van der Waals surface area (Å²) < 4.78 is 0. The first-order chi connectivity index (χ1) is 6.29. The Labute approximate surface area is 82.6 Å². The lowest BCUT2D eigenvalue weighted by Crippen LogP contribution is -2.25. The maximum atomic E-state index is 5.50. The average molecular weight is 197 g/mol. The number of hydrogen-bond donors (Lipinski definition) is 1. The molecule has 2 heterocycles. The highest BCUT2D eigenvalue weighted by Crippen LogP contribution is 2.24. The zero-order valence-electron chi connectivity index (χ0n) is 7.92. The first-order valence-electron chi connectivity index (χ1n) is 4.65. The second-order valence-corrected chi connectivity index (χ2v) is 4.67. The summed E-state index contributed by atoms with van der Waals surface area (Å²) in [6.07, 6.45) is 2.04. The van der Waals surface area contributed by atoms with Crippen LogP contribution in [0.4, 0.5) is 0 Å². The van der Waals surface area contributed by atoms with Crippen LogP contribution in [0.2, 0.25) is 0 Å². The van der Waals surface area contributed by atoms with E-state index >= 15 is 0 Å². The van der Waals surface area contributed by atoms with Crippen molar-refractivity contribution in [2.24, 2.45) is 5.73 Å². The van der Waals surface area contributed by atoms with E-state index in [4.69, 9.17) is 5.73 Å². The summed E-state index contributed by atoms with van der Waals surface area (Å²) >= 11 is 1.83. The molecular weight excluding hydrogens is 182 g/mol. The molecule has 72 valence electrons. The minimum atomic E-state index is 0.711. The van der Waals surface area contributed by atoms with Gasteiger partial charge in [0.2, 0.25) is 0 Å². The fourth-order valence-electron chi connectivity index (χ4n) is 1.61. The molecule has 0 aromatic carbocycles. The first kappa shape index (κ1) is 9.12. The fraction of sp³-hybridized carbons (Fsp3) is 0.667. The van der Waals surface area contributed by atoms with Gasteiger partial charge in [-0.3, -0.25) is 0 Å². The van der Waals surface area contributed by atoms with Gasteiger partial charge < -0.3 is 10.6 Å². The van der Waals surface area contributed by atoms with Crippen LogP contribution in [0, 0.1) is 0 Å². The van der Waals surface area contributed by atoms with Crippen LogP contribution in [0.1, 0.15) is 15.6 Å². The van der Waals surface area contributed by atoms with Crippen LogP contribution in [-0.4, -0.2) is 30.0 Å². The zero-order valence-corrected chi connectivity index (χ0v) is 8.73. The van der Waals surface area contributed by atoms with Gasteiger partial charge in [0.1, 0.15) is 0 Å². The summed E-state index contributed by atoms with van der Waals surface area (Å²) in [5, 5.41) is 1.21. The van der Waals surface area contributed by atoms with Crippen LogP contribution >= 0.6 is 11.3 Å². The van der Waals surface area contributed by atoms with Crippen LogP contribution < -0.4 is 5.73 Å². The molecular formula is C9H15N3S. The number of fused-ring (bicyclic) bond motifs is 1. The highest BCUT2D eigenvalue weighted by atomic mass is 32.1. The molecule has 13 heavy (non-hydrogen) atoms. The molecule has 0 aliphatic carbocycles. The molecule has 0 unspecified atom stereocenters. The van der Waals surface area contributed by atoms with E-state index < -0.39 is 0 Å². The third-order valence-electron chi connectivity index (χ3n) is 2.32. The van der Waals surface area contributed by atoms with Crippen molar-refractivity contribution in [3.8, 4) is 0 Å². The molecule has 1 aromatic heterocycles. The van der Waals surface area contributed by atoms with E-state index in [0.717, 1.165) is 25.9 Å². The van der Waals surface area contributed by atoms with Gasteiger partial charge in [0.05, 0.1) is 10.7 Å². The first-order valence-corrected chi connectivity index (χ1v) is 5.47. The van der Waals surface area contributed by atoms with E-state index in [9.17, 15) is 0 Å². The van der Waals surface area contributed by atoms with Crippen LogP contribution in [0.5, 0.6) is 0 Å². The maximum Gasteiger partial charge on any atom is 0.0944 e. The van der Waals surface area contributed by atoms with Gasteiger partial charge >= 0.3 is 0 Å². The van der Waals surface area contributed by atoms with Gasteiger partial charge in [-0.05, 0) is 13.6 Å². The summed E-state index contributed by atoms with van der Waals surface area (Å²) in [7, 11) is 2.16. The van der Waals surface area contributed by atoms with E-state index in [0.29, 0.717) is 6.54 Å². The van der Waals surface area contributed by atoms with Crippen LogP contribution in [-0.2, 0) is 19.4 Å². The van der Waals surface area contributed by atoms with Gasteiger partial charge in [-0.2, -0.15) is 0 Å². The van der Waals surface area contributed by atoms with Crippen molar-refractivity contribution in [3.05, 3.63) is 15.6 Å². The lowest BCUT2D eigenvalue weighted by molar-refractivity contribution is 0.314. The predicted octanol–water partition coefficient (Wildman–Crippen LogP) is 0.632. The third-order valence-corrected chi connectivity index (χ3v) is 3.47. The Bertz CT molecular complexity index is 295. The van der Waals surface area contributed by atoms with Crippen molar-refractivity contribution in [2.45, 2.75) is 19.4 Å². The Morgan fingerprint density at radius 2 is 2.46 bits per heavy atom. The Kier molecular flexibility index (Phi) is 2.62. The van der Waals surface area contributed by atoms with Crippen molar-refractivity contribution in [1.29, 1.82) is 0 Å². The molecule has 0 spiro atoms. The average Bonchev–Trinajstić information content (AvgIpc) is 2.46. The molecule has 1 aromatic rings. The quantitative estimate of drug-likeness (QED) is 0.756. The van der Waals surface area contributed by atoms with Gasteiger partial charge in [0.15, 0.2) is 0 Å². The van der Waals surface area contributed by atoms with Gasteiger partial charge in [-0.25, -0.2) is 4.98 Å². The normalized spacial score (nSPS) is 17.4. The minimum Gasteiger partial charge on any atom is -0.330 e. The van der Waals surface area contributed by atoms with Crippen molar-refractivity contribution >= 4 is 11.3 Å². The predicted molar refractivity (Wildman–Crippen MR) is 54.9 cm³/mol. The van der Waals surface area contributed by atoms with Gasteiger partial charge in [0.25, 0.3) is 0 Å². The monoisotopic (exact) mass is 197 g/mol. The molecule has 0 atom stereocenters. The molecule has 0 saturated carbocycles. The van der Waals surface area contributed by atoms with Gasteiger partial charge in [0, 0.05) is 30.8 Å². The molecule has 0 saturated heterocycles. The number of nitrogens with two attached hydrogens (primary N) is 1. The minimum absolute atomic E-state index is 0.711. The SMILES string of the molecule is CN1CCc2nc(CCN)sc2C1. The molecule has 1 aliphatic heterocycles. The lowest BCUT2D eigenvalue weighted by Gasteiger charge is -2.20. The number of likely N-dealkylation sites (N-methyl/N-ethyl adjacent to an activating group) is 1. The molecule has 3 nitrogen and oxygen atoms in total. The lowest BCUT2D eigenvalue weighted by atomic mass is 10.2. The molecule has 0 bridgehead atoms. The summed E-state index contributed by atoms with van der Waals surface area (Å²) in [6.45, 7) is 2.92. The number of thiazole rings is 1. The molecule has 2 N–H and O–H groups in total. The molecule has 4 heteroatoms. The smallest absolute Gasteiger partial charge is 0.0944 e. The van der Waals surface area contributed by atoms with Crippen molar-refractivity contribution in [3.63, 3.8) is 0 Å². The molecule has 1 aliphatic rings. The Morgan fingerprint density at radius 1 is 1.62 bits per heavy atom. The summed E-state index contributed by atoms with van der Waals surface area (Å²) in [6, 6.07) is 0. The summed E-state index contributed by atoms with van der Waals surface area (Å²) in [5.41, 5.74) is 6.81. The number of aromatic nitrogens is 1. The second-order valence-electron chi connectivity index (χ2n) is 3.50. The van der Waals surface area contributed by atoms with Crippen LogP contribution in [0.15, 0.2) is 0 Å². The van der Waals surface area contributed by atoms with E-state index in [1.807, 2.05) is 11.3 Å².